The summed E-state index contributed by atoms with van der Waals surface area (Å²) in [4.78, 5) is 3.84. The summed E-state index contributed by atoms with van der Waals surface area (Å²) in [6.07, 6.45) is 1.50. The Morgan fingerprint density at radius 3 is 2.64 bits per heavy atom. The van der Waals surface area contributed by atoms with Gasteiger partial charge in [-0.15, -0.1) is 0 Å². The van der Waals surface area contributed by atoms with E-state index in [1.54, 1.807) is 6.07 Å². The van der Waals surface area contributed by atoms with Crippen molar-refractivity contribution in [2.45, 2.75) is 0 Å². The minimum atomic E-state index is -0.911. The molecular formula is C9H3BrF2IN. The van der Waals surface area contributed by atoms with Crippen molar-refractivity contribution in [1.82, 2.24) is 4.98 Å². The average molecular weight is 370 g/mol. The zero-order valence-electron chi connectivity index (χ0n) is 6.69. The highest BCUT2D eigenvalue weighted by Gasteiger charge is 2.12. The lowest BCUT2D eigenvalue weighted by Crippen LogP contribution is -1.91. The van der Waals surface area contributed by atoms with Crippen LogP contribution in [0, 0.1) is 15.2 Å². The van der Waals surface area contributed by atoms with Crippen molar-refractivity contribution in [2.75, 3.05) is 0 Å². The van der Waals surface area contributed by atoms with Crippen LogP contribution in [0.15, 0.2) is 22.8 Å². The Balaban J connectivity index is 2.91. The molecule has 0 saturated carbocycles. The number of aromatic nitrogens is 1. The monoisotopic (exact) mass is 369 g/mol. The first-order chi connectivity index (χ1) is 6.59. The molecule has 0 spiro atoms. The molecule has 0 N–H and O–H groups in total. The molecule has 1 nitrogen and oxygen atoms in total. The first kappa shape index (κ1) is 10.2. The van der Waals surface area contributed by atoms with Crippen LogP contribution in [0.4, 0.5) is 8.78 Å². The topological polar surface area (TPSA) is 12.9 Å². The summed E-state index contributed by atoms with van der Waals surface area (Å²) in [6, 6.07) is 3.26. The standard InChI is InChI=1S/C9H3BrF2IN/c10-6-2-4-1-5(13)3-14-9(4)8(12)7(6)11/h1-3H. The Kier molecular flexibility index (Phi) is 2.70. The van der Waals surface area contributed by atoms with E-state index in [1.165, 1.54) is 12.3 Å². The number of hydrogen-bond donors (Lipinski definition) is 0. The quantitative estimate of drug-likeness (QED) is 0.507. The van der Waals surface area contributed by atoms with Gasteiger partial charge in [0.2, 0.25) is 0 Å². The third-order valence-corrected chi connectivity index (χ3v) is 2.94. The summed E-state index contributed by atoms with van der Waals surface area (Å²) >= 11 is 5.01. The summed E-state index contributed by atoms with van der Waals surface area (Å²) in [5.74, 6) is -1.81. The maximum Gasteiger partial charge on any atom is 0.186 e. The molecule has 0 unspecified atom stereocenters. The second-order valence-corrected chi connectivity index (χ2v) is 4.81. The van der Waals surface area contributed by atoms with Crippen molar-refractivity contribution in [3.05, 3.63) is 38.0 Å². The summed E-state index contributed by atoms with van der Waals surface area (Å²) in [6.45, 7) is 0. The number of nitrogens with zero attached hydrogens (tertiary/aromatic N) is 1. The molecule has 0 fully saturated rings. The number of hydrogen-bond acceptors (Lipinski definition) is 1. The van der Waals surface area contributed by atoms with Gasteiger partial charge in [-0.05, 0) is 50.7 Å². The smallest absolute Gasteiger partial charge is 0.186 e. The average Bonchev–Trinajstić information content (AvgIpc) is 2.14. The molecule has 14 heavy (non-hydrogen) atoms. The fourth-order valence-electron chi connectivity index (χ4n) is 1.16. The minimum Gasteiger partial charge on any atom is -0.252 e. The molecule has 0 aliphatic heterocycles. The number of fused-ring (bicyclic) bond motifs is 1. The maximum absolute atomic E-state index is 13.3. The number of rotatable bonds is 0. The van der Waals surface area contributed by atoms with Gasteiger partial charge in [-0.3, -0.25) is 4.98 Å². The van der Waals surface area contributed by atoms with E-state index in [1.807, 2.05) is 0 Å². The number of pyridine rings is 1. The van der Waals surface area contributed by atoms with E-state index in [0.29, 0.717) is 5.39 Å². The second-order valence-electron chi connectivity index (χ2n) is 2.71. The number of halogens is 4. The van der Waals surface area contributed by atoms with Crippen LogP contribution in [0.5, 0.6) is 0 Å². The van der Waals surface area contributed by atoms with Gasteiger partial charge in [0, 0.05) is 15.2 Å². The SMILES string of the molecule is Fc1c(Br)cc2cc(I)cnc2c1F. The van der Waals surface area contributed by atoms with Crippen molar-refractivity contribution in [3.8, 4) is 0 Å². The molecule has 2 aromatic rings. The third kappa shape index (κ3) is 1.63. The molecule has 0 amide bonds. The fraction of sp³-hybridized carbons (Fsp3) is 0. The molecule has 72 valence electrons. The van der Waals surface area contributed by atoms with Crippen LogP contribution in [0.25, 0.3) is 10.9 Å². The molecule has 0 aliphatic rings. The lowest BCUT2D eigenvalue weighted by Gasteiger charge is -2.02. The van der Waals surface area contributed by atoms with Gasteiger partial charge in [0.25, 0.3) is 0 Å². The minimum absolute atomic E-state index is 0.0612. The van der Waals surface area contributed by atoms with Crippen LogP contribution in [-0.2, 0) is 0 Å². The largest absolute Gasteiger partial charge is 0.252 e. The molecule has 1 heterocycles. The first-order valence-electron chi connectivity index (χ1n) is 3.68. The molecule has 2 rings (SSSR count). The Labute approximate surface area is 101 Å². The van der Waals surface area contributed by atoms with Crippen LogP contribution in [0.3, 0.4) is 0 Å². The number of benzene rings is 1. The lowest BCUT2D eigenvalue weighted by molar-refractivity contribution is 0.511. The van der Waals surface area contributed by atoms with E-state index in [0.717, 1.165) is 3.57 Å². The molecule has 0 atom stereocenters. The molecule has 0 aliphatic carbocycles. The molecule has 1 aromatic heterocycles. The Morgan fingerprint density at radius 1 is 1.21 bits per heavy atom. The molecule has 0 radical (unpaired) electrons. The highest BCUT2D eigenvalue weighted by atomic mass is 127. The van der Waals surface area contributed by atoms with Gasteiger partial charge in [0.1, 0.15) is 5.52 Å². The predicted molar refractivity (Wildman–Crippen MR) is 62.1 cm³/mol. The summed E-state index contributed by atoms with van der Waals surface area (Å²) < 4.78 is 27.4. The zero-order chi connectivity index (χ0) is 10.3. The first-order valence-corrected chi connectivity index (χ1v) is 5.55. The van der Waals surface area contributed by atoms with Crippen LogP contribution in [-0.4, -0.2) is 4.98 Å². The Bertz CT molecular complexity index is 516. The van der Waals surface area contributed by atoms with Gasteiger partial charge >= 0.3 is 0 Å². The van der Waals surface area contributed by atoms with E-state index in [2.05, 4.69) is 43.5 Å². The van der Waals surface area contributed by atoms with Crippen LogP contribution in [0.1, 0.15) is 0 Å². The van der Waals surface area contributed by atoms with Gasteiger partial charge in [-0.2, -0.15) is 0 Å². The molecule has 1 aromatic carbocycles. The van der Waals surface area contributed by atoms with Gasteiger partial charge in [0.05, 0.1) is 4.47 Å². The maximum atomic E-state index is 13.3. The Morgan fingerprint density at radius 2 is 1.93 bits per heavy atom. The van der Waals surface area contributed by atoms with Gasteiger partial charge in [-0.25, -0.2) is 8.78 Å². The lowest BCUT2D eigenvalue weighted by atomic mass is 10.2. The van der Waals surface area contributed by atoms with E-state index < -0.39 is 11.6 Å². The summed E-state index contributed by atoms with van der Waals surface area (Å²) in [5.41, 5.74) is 0.0612. The van der Waals surface area contributed by atoms with Crippen molar-refractivity contribution < 1.29 is 8.78 Å². The van der Waals surface area contributed by atoms with Crippen molar-refractivity contribution in [1.29, 1.82) is 0 Å². The molecule has 0 bridgehead atoms. The summed E-state index contributed by atoms with van der Waals surface area (Å²) in [5, 5.41) is 0.586. The highest BCUT2D eigenvalue weighted by Crippen LogP contribution is 2.26. The van der Waals surface area contributed by atoms with Gasteiger partial charge in [-0.1, -0.05) is 0 Å². The fourth-order valence-corrected chi connectivity index (χ4v) is 2.05. The molecular weight excluding hydrogens is 367 g/mol. The van der Waals surface area contributed by atoms with E-state index in [4.69, 9.17) is 0 Å². The third-order valence-electron chi connectivity index (χ3n) is 1.78. The van der Waals surface area contributed by atoms with Crippen molar-refractivity contribution in [2.24, 2.45) is 0 Å². The zero-order valence-corrected chi connectivity index (χ0v) is 10.4. The van der Waals surface area contributed by atoms with Gasteiger partial charge in [0.15, 0.2) is 11.6 Å². The van der Waals surface area contributed by atoms with Crippen LogP contribution in [0.2, 0.25) is 0 Å². The molecule has 5 heteroatoms. The Hall–Kier alpha value is -0.300. The highest BCUT2D eigenvalue weighted by molar-refractivity contribution is 14.1. The van der Waals surface area contributed by atoms with E-state index in [-0.39, 0.29) is 9.99 Å². The van der Waals surface area contributed by atoms with E-state index in [9.17, 15) is 8.78 Å². The summed E-state index contributed by atoms with van der Waals surface area (Å²) in [7, 11) is 0. The van der Waals surface area contributed by atoms with Crippen molar-refractivity contribution in [3.63, 3.8) is 0 Å². The van der Waals surface area contributed by atoms with Crippen LogP contribution >= 0.6 is 38.5 Å². The second kappa shape index (κ2) is 3.69. The van der Waals surface area contributed by atoms with Crippen molar-refractivity contribution >= 4 is 49.4 Å². The van der Waals surface area contributed by atoms with Gasteiger partial charge < -0.3 is 0 Å². The van der Waals surface area contributed by atoms with Crippen LogP contribution < -0.4 is 0 Å². The van der Waals surface area contributed by atoms with E-state index >= 15 is 0 Å². The predicted octanol–water partition coefficient (Wildman–Crippen LogP) is 3.88. The molecule has 0 saturated heterocycles. The normalized spacial score (nSPS) is 10.9.